The zero-order valence-corrected chi connectivity index (χ0v) is 24.1. The van der Waals surface area contributed by atoms with Crippen molar-refractivity contribution in [3.8, 4) is 67.4 Å². The lowest BCUT2D eigenvalue weighted by Gasteiger charge is -2.21. The van der Waals surface area contributed by atoms with Gasteiger partial charge in [0.15, 0.2) is 5.58 Å². The van der Waals surface area contributed by atoms with Crippen LogP contribution in [0.25, 0.3) is 88.7 Å². The number of oxazole rings is 2. The number of hydrogen-bond donors (Lipinski definition) is 1. The molecule has 210 valence electrons. The Kier molecular flexibility index (Phi) is 5.61. The molecule has 12 heteroatoms. The van der Waals surface area contributed by atoms with Crippen molar-refractivity contribution in [2.75, 3.05) is 0 Å². The molecule has 0 radical (unpaired) electrons. The number of thiazole rings is 1. The van der Waals surface area contributed by atoms with E-state index in [1.54, 1.807) is 42.3 Å². The fourth-order valence-electron chi connectivity index (χ4n) is 5.53. The van der Waals surface area contributed by atoms with E-state index in [0.717, 1.165) is 31.9 Å². The molecule has 1 N–H and O–H groups in total. The first-order chi connectivity index (χ1) is 21.8. The molecule has 0 saturated heterocycles. The summed E-state index contributed by atoms with van der Waals surface area (Å²) in [6, 6.07) is 19.5. The summed E-state index contributed by atoms with van der Waals surface area (Å²) in [5, 5.41) is 7.13. The summed E-state index contributed by atoms with van der Waals surface area (Å²) in [4.78, 5) is 22.8. The van der Waals surface area contributed by atoms with E-state index < -0.39 is 0 Å². The standard InChI is InChI=1S/C32H17N7O3S2/c1-3-7-21-17(5-1)36-31(42-21)27-23(19-9-14-41-38-19)25(29-33-11-12-34-29)28(32-37-18-6-2-4-8-22(18)44-32)24(20-10-16-43-39-20)26(27)30-35-13-15-40-30/h1-16H,(H,33,34). The molecule has 9 rings (SSSR count). The van der Waals surface area contributed by atoms with Gasteiger partial charge in [-0.25, -0.2) is 19.9 Å². The van der Waals surface area contributed by atoms with Crippen LogP contribution in [0.5, 0.6) is 0 Å². The predicted molar refractivity (Wildman–Crippen MR) is 168 cm³/mol. The van der Waals surface area contributed by atoms with Crippen LogP contribution >= 0.6 is 22.9 Å². The molecule has 10 nitrogen and oxygen atoms in total. The number of imidazole rings is 1. The molecular weight excluding hydrogens is 595 g/mol. The van der Waals surface area contributed by atoms with E-state index in [2.05, 4.69) is 21.2 Å². The van der Waals surface area contributed by atoms with Gasteiger partial charge in [0.1, 0.15) is 34.6 Å². The summed E-state index contributed by atoms with van der Waals surface area (Å²) >= 11 is 2.93. The summed E-state index contributed by atoms with van der Waals surface area (Å²) in [5.41, 5.74) is 7.68. The maximum atomic E-state index is 6.47. The molecule has 3 aromatic carbocycles. The second kappa shape index (κ2) is 9.93. The molecule has 0 amide bonds. The average Bonchev–Trinajstić information content (AvgIpc) is 3.91. The number of aromatic amines is 1. The molecule has 0 aliphatic carbocycles. The lowest BCUT2D eigenvalue weighted by atomic mass is 9.83. The molecule has 0 atom stereocenters. The van der Waals surface area contributed by atoms with Crippen LogP contribution in [0.15, 0.2) is 111 Å². The van der Waals surface area contributed by atoms with Crippen LogP contribution in [0.2, 0.25) is 0 Å². The van der Waals surface area contributed by atoms with Crippen LogP contribution in [-0.4, -0.2) is 34.5 Å². The Morgan fingerprint density at radius 1 is 0.682 bits per heavy atom. The first-order valence-corrected chi connectivity index (χ1v) is 15.2. The Bertz CT molecular complexity index is 2060. The summed E-state index contributed by atoms with van der Waals surface area (Å²) < 4.78 is 23.8. The van der Waals surface area contributed by atoms with Gasteiger partial charge in [-0.15, -0.1) is 11.3 Å². The molecule has 0 spiro atoms. The number of aromatic nitrogens is 7. The quantitative estimate of drug-likeness (QED) is 0.196. The van der Waals surface area contributed by atoms with E-state index in [4.69, 9.17) is 32.7 Å². The van der Waals surface area contributed by atoms with Gasteiger partial charge in [-0.1, -0.05) is 29.4 Å². The third-order valence-corrected chi connectivity index (χ3v) is 8.90. The third-order valence-electron chi connectivity index (χ3n) is 7.28. The van der Waals surface area contributed by atoms with Crippen LogP contribution in [0.3, 0.4) is 0 Å². The van der Waals surface area contributed by atoms with Gasteiger partial charge in [-0.3, -0.25) is 0 Å². The van der Waals surface area contributed by atoms with Crippen molar-refractivity contribution < 1.29 is 13.4 Å². The number of hydrogen-bond acceptors (Lipinski definition) is 11. The van der Waals surface area contributed by atoms with Crippen LogP contribution in [0.1, 0.15) is 0 Å². The summed E-state index contributed by atoms with van der Waals surface area (Å²) in [7, 11) is 0. The summed E-state index contributed by atoms with van der Waals surface area (Å²) in [6.07, 6.45) is 8.20. The average molecular weight is 612 g/mol. The highest BCUT2D eigenvalue weighted by atomic mass is 32.1. The molecule has 6 heterocycles. The first-order valence-electron chi connectivity index (χ1n) is 13.5. The molecular formula is C32H17N7O3S2. The van der Waals surface area contributed by atoms with Crippen molar-refractivity contribution in [3.05, 3.63) is 97.2 Å². The van der Waals surface area contributed by atoms with Crippen molar-refractivity contribution in [3.63, 3.8) is 0 Å². The monoisotopic (exact) mass is 611 g/mol. The highest BCUT2D eigenvalue weighted by Crippen LogP contribution is 2.55. The Hall–Kier alpha value is -5.72. The molecule has 0 bridgehead atoms. The molecule has 6 aromatic heterocycles. The second-order valence-corrected chi connectivity index (χ2v) is 11.5. The summed E-state index contributed by atoms with van der Waals surface area (Å²) in [6.45, 7) is 0. The highest BCUT2D eigenvalue weighted by Gasteiger charge is 2.35. The SMILES string of the molecule is c1ccc2oc(-c3c(-c4ccon4)c(-c4ncc[nH]4)c(-c4nc5ccccc5s4)c(-c4ccsn4)c3-c3ncco3)nc2c1. The van der Waals surface area contributed by atoms with Gasteiger partial charge in [0.05, 0.1) is 33.2 Å². The van der Waals surface area contributed by atoms with Crippen LogP contribution in [-0.2, 0) is 0 Å². The number of benzene rings is 3. The van der Waals surface area contributed by atoms with Gasteiger partial charge >= 0.3 is 0 Å². The number of fused-ring (bicyclic) bond motifs is 2. The molecule has 0 unspecified atom stereocenters. The maximum Gasteiger partial charge on any atom is 0.228 e. The largest absolute Gasteiger partial charge is 0.444 e. The number of para-hydroxylation sites is 3. The predicted octanol–water partition coefficient (Wildman–Crippen LogP) is 8.60. The Balaban J connectivity index is 1.56. The Labute approximate surface area is 255 Å². The third kappa shape index (κ3) is 3.85. The lowest BCUT2D eigenvalue weighted by Crippen LogP contribution is -2.03. The van der Waals surface area contributed by atoms with Crippen molar-refractivity contribution in [1.82, 2.24) is 34.5 Å². The van der Waals surface area contributed by atoms with Gasteiger partial charge < -0.3 is 18.3 Å². The normalized spacial score (nSPS) is 11.6. The molecule has 0 aliphatic heterocycles. The highest BCUT2D eigenvalue weighted by molar-refractivity contribution is 7.21. The van der Waals surface area contributed by atoms with Crippen molar-refractivity contribution in [1.29, 1.82) is 0 Å². The minimum absolute atomic E-state index is 0.359. The fourth-order valence-corrected chi connectivity index (χ4v) is 7.07. The minimum Gasteiger partial charge on any atom is -0.444 e. The van der Waals surface area contributed by atoms with E-state index in [0.29, 0.717) is 56.8 Å². The minimum atomic E-state index is 0.359. The number of rotatable bonds is 6. The lowest BCUT2D eigenvalue weighted by molar-refractivity contribution is 0.422. The van der Waals surface area contributed by atoms with Gasteiger partial charge in [0.25, 0.3) is 0 Å². The van der Waals surface area contributed by atoms with E-state index >= 15 is 0 Å². The smallest absolute Gasteiger partial charge is 0.228 e. The Morgan fingerprint density at radius 2 is 1.55 bits per heavy atom. The molecule has 0 aliphatic rings. The topological polar surface area (TPSA) is 133 Å². The number of nitrogens with one attached hydrogen (secondary N) is 1. The maximum absolute atomic E-state index is 6.47. The number of H-pyrrole nitrogens is 1. The van der Waals surface area contributed by atoms with Gasteiger partial charge in [0, 0.05) is 46.1 Å². The van der Waals surface area contributed by atoms with Gasteiger partial charge in [-0.2, -0.15) is 4.37 Å². The molecule has 0 saturated carbocycles. The van der Waals surface area contributed by atoms with E-state index in [1.165, 1.54) is 17.8 Å². The molecule has 0 fully saturated rings. The second-order valence-electron chi connectivity index (χ2n) is 9.77. The van der Waals surface area contributed by atoms with Gasteiger partial charge in [-0.05, 0) is 41.9 Å². The zero-order valence-electron chi connectivity index (χ0n) is 22.5. The number of nitrogens with zero attached hydrogens (tertiary/aromatic N) is 6. The summed E-state index contributed by atoms with van der Waals surface area (Å²) in [5.74, 6) is 1.32. The van der Waals surface area contributed by atoms with Gasteiger partial charge in [0.2, 0.25) is 11.8 Å². The fraction of sp³-hybridized carbons (Fsp3) is 0. The first kappa shape index (κ1) is 24.8. The van der Waals surface area contributed by atoms with Crippen LogP contribution in [0, 0.1) is 0 Å². The van der Waals surface area contributed by atoms with Crippen molar-refractivity contribution in [2.45, 2.75) is 0 Å². The van der Waals surface area contributed by atoms with Crippen molar-refractivity contribution in [2.24, 2.45) is 0 Å². The molecule has 44 heavy (non-hydrogen) atoms. The van der Waals surface area contributed by atoms with Crippen molar-refractivity contribution >= 4 is 44.2 Å². The zero-order chi connectivity index (χ0) is 29.0. The van der Waals surface area contributed by atoms with Crippen LogP contribution in [0.4, 0.5) is 0 Å². The van der Waals surface area contributed by atoms with E-state index in [9.17, 15) is 0 Å². The Morgan fingerprint density at radius 3 is 2.30 bits per heavy atom. The van der Waals surface area contributed by atoms with E-state index in [-0.39, 0.29) is 0 Å². The van der Waals surface area contributed by atoms with E-state index in [1.807, 2.05) is 53.9 Å². The molecule has 9 aromatic rings. The van der Waals surface area contributed by atoms with Crippen LogP contribution < -0.4 is 0 Å².